The van der Waals surface area contributed by atoms with Crippen molar-refractivity contribution in [2.75, 3.05) is 6.54 Å². The summed E-state index contributed by atoms with van der Waals surface area (Å²) in [5, 5.41) is 3.52. The van der Waals surface area contributed by atoms with Crippen LogP contribution in [0.25, 0.3) is 0 Å². The lowest BCUT2D eigenvalue weighted by Gasteiger charge is -2.24. The van der Waals surface area contributed by atoms with Crippen molar-refractivity contribution in [3.8, 4) is 5.75 Å². The maximum atomic E-state index is 5.98. The molecule has 2 atom stereocenters. The van der Waals surface area contributed by atoms with E-state index >= 15 is 0 Å². The molecule has 0 saturated carbocycles. The van der Waals surface area contributed by atoms with Crippen LogP contribution in [0.1, 0.15) is 66.4 Å². The van der Waals surface area contributed by atoms with Gasteiger partial charge in [0.1, 0.15) is 11.9 Å². The first kappa shape index (κ1) is 18.0. The van der Waals surface area contributed by atoms with Gasteiger partial charge in [0.15, 0.2) is 0 Å². The predicted octanol–water partition coefficient (Wildman–Crippen LogP) is 4.92. The molecule has 2 unspecified atom stereocenters. The zero-order chi connectivity index (χ0) is 15.9. The molecule has 1 aromatic carbocycles. The average molecular weight is 291 g/mol. The Morgan fingerprint density at radius 1 is 1.10 bits per heavy atom. The lowest BCUT2D eigenvalue weighted by Crippen LogP contribution is -2.34. The Balaban J connectivity index is 2.48. The van der Waals surface area contributed by atoms with Crippen LogP contribution in [0.4, 0.5) is 0 Å². The zero-order valence-corrected chi connectivity index (χ0v) is 14.7. The van der Waals surface area contributed by atoms with E-state index in [1.165, 1.54) is 18.4 Å². The molecule has 2 nitrogen and oxygen atoms in total. The van der Waals surface area contributed by atoms with E-state index in [2.05, 4.69) is 71.1 Å². The second-order valence-electron chi connectivity index (χ2n) is 6.79. The van der Waals surface area contributed by atoms with E-state index in [1.807, 2.05) is 0 Å². The zero-order valence-electron chi connectivity index (χ0n) is 14.7. The molecule has 1 aromatic rings. The Hall–Kier alpha value is -1.02. The second kappa shape index (κ2) is 8.43. The minimum Gasteiger partial charge on any atom is -0.489 e. The first-order valence-electron chi connectivity index (χ1n) is 8.39. The number of benzene rings is 1. The molecule has 1 rings (SSSR count). The Labute approximate surface area is 131 Å². The van der Waals surface area contributed by atoms with E-state index < -0.39 is 0 Å². The highest BCUT2D eigenvalue weighted by molar-refractivity contribution is 5.31. The molecular weight excluding hydrogens is 258 g/mol. The van der Waals surface area contributed by atoms with Crippen molar-refractivity contribution in [3.05, 3.63) is 29.8 Å². The number of nitrogens with one attached hydrogen (secondary N) is 1. The molecule has 0 heterocycles. The molecule has 0 fully saturated rings. The smallest absolute Gasteiger partial charge is 0.119 e. The summed E-state index contributed by atoms with van der Waals surface area (Å²) < 4.78 is 5.98. The Morgan fingerprint density at radius 2 is 1.71 bits per heavy atom. The van der Waals surface area contributed by atoms with Gasteiger partial charge in [-0.15, -0.1) is 0 Å². The number of hydrogen-bond acceptors (Lipinski definition) is 2. The molecule has 0 radical (unpaired) electrons. The van der Waals surface area contributed by atoms with Gasteiger partial charge in [-0.1, -0.05) is 46.2 Å². The monoisotopic (exact) mass is 291 g/mol. The van der Waals surface area contributed by atoms with Gasteiger partial charge in [0, 0.05) is 12.6 Å². The van der Waals surface area contributed by atoms with Crippen molar-refractivity contribution in [1.82, 2.24) is 5.32 Å². The van der Waals surface area contributed by atoms with Crippen molar-refractivity contribution >= 4 is 0 Å². The SMILES string of the molecule is CCCC(C)NCC(C)Oc1ccc(C(C)(C)CC)cc1. The molecule has 0 aliphatic rings. The highest BCUT2D eigenvalue weighted by Gasteiger charge is 2.17. The van der Waals surface area contributed by atoms with Gasteiger partial charge in [-0.25, -0.2) is 0 Å². The molecule has 0 aromatic heterocycles. The highest BCUT2D eigenvalue weighted by atomic mass is 16.5. The van der Waals surface area contributed by atoms with Crippen molar-refractivity contribution in [2.24, 2.45) is 0 Å². The number of hydrogen-bond donors (Lipinski definition) is 1. The topological polar surface area (TPSA) is 21.3 Å². The van der Waals surface area contributed by atoms with Crippen LogP contribution in [0.15, 0.2) is 24.3 Å². The van der Waals surface area contributed by atoms with Gasteiger partial charge >= 0.3 is 0 Å². The van der Waals surface area contributed by atoms with Crippen LogP contribution in [0.5, 0.6) is 5.75 Å². The van der Waals surface area contributed by atoms with E-state index in [4.69, 9.17) is 4.74 Å². The molecule has 120 valence electrons. The quantitative estimate of drug-likeness (QED) is 0.697. The van der Waals surface area contributed by atoms with Gasteiger partial charge in [-0.05, 0) is 49.8 Å². The lowest BCUT2D eigenvalue weighted by molar-refractivity contribution is 0.211. The summed E-state index contributed by atoms with van der Waals surface area (Å²) in [6.45, 7) is 14.3. The molecular formula is C19H33NO. The second-order valence-corrected chi connectivity index (χ2v) is 6.79. The molecule has 0 aliphatic heterocycles. The normalized spacial score (nSPS) is 14.8. The van der Waals surface area contributed by atoms with Crippen LogP contribution in [0.2, 0.25) is 0 Å². The summed E-state index contributed by atoms with van der Waals surface area (Å²) in [5.74, 6) is 0.961. The van der Waals surface area contributed by atoms with Crippen molar-refractivity contribution in [2.45, 2.75) is 78.4 Å². The van der Waals surface area contributed by atoms with Gasteiger partial charge in [-0.2, -0.15) is 0 Å². The van der Waals surface area contributed by atoms with Crippen LogP contribution in [0.3, 0.4) is 0 Å². The first-order valence-corrected chi connectivity index (χ1v) is 8.39. The minimum absolute atomic E-state index is 0.189. The first-order chi connectivity index (χ1) is 9.89. The molecule has 0 aliphatic carbocycles. The predicted molar refractivity (Wildman–Crippen MR) is 92.2 cm³/mol. The van der Waals surface area contributed by atoms with E-state index in [-0.39, 0.29) is 11.5 Å². The Morgan fingerprint density at radius 3 is 2.24 bits per heavy atom. The maximum absolute atomic E-state index is 5.98. The molecule has 1 N–H and O–H groups in total. The standard InChI is InChI=1S/C19H33NO/c1-7-9-15(3)20-14-16(4)21-18-12-10-17(11-13-18)19(5,6)8-2/h10-13,15-16,20H,7-9,14H2,1-6H3. The minimum atomic E-state index is 0.189. The summed E-state index contributed by atoms with van der Waals surface area (Å²) >= 11 is 0. The van der Waals surface area contributed by atoms with Crippen LogP contribution in [-0.2, 0) is 5.41 Å². The van der Waals surface area contributed by atoms with E-state index in [0.717, 1.165) is 18.7 Å². The van der Waals surface area contributed by atoms with Crippen molar-refractivity contribution in [1.29, 1.82) is 0 Å². The number of ether oxygens (including phenoxy) is 1. The maximum Gasteiger partial charge on any atom is 0.119 e. The van der Waals surface area contributed by atoms with Gasteiger partial charge in [0.2, 0.25) is 0 Å². The fourth-order valence-electron chi connectivity index (χ4n) is 2.37. The largest absolute Gasteiger partial charge is 0.489 e. The molecule has 21 heavy (non-hydrogen) atoms. The molecule has 0 bridgehead atoms. The van der Waals surface area contributed by atoms with Gasteiger partial charge < -0.3 is 10.1 Å². The van der Waals surface area contributed by atoms with Crippen LogP contribution in [0, 0.1) is 0 Å². The highest BCUT2D eigenvalue weighted by Crippen LogP contribution is 2.28. The molecule has 0 amide bonds. The van der Waals surface area contributed by atoms with Gasteiger partial charge in [0.05, 0.1) is 0 Å². The fraction of sp³-hybridized carbons (Fsp3) is 0.684. The van der Waals surface area contributed by atoms with E-state index in [1.54, 1.807) is 0 Å². The third-order valence-electron chi connectivity index (χ3n) is 4.33. The Kier molecular flexibility index (Phi) is 7.24. The van der Waals surface area contributed by atoms with Crippen LogP contribution >= 0.6 is 0 Å². The summed E-state index contributed by atoms with van der Waals surface area (Å²) in [4.78, 5) is 0. The van der Waals surface area contributed by atoms with E-state index in [9.17, 15) is 0 Å². The summed E-state index contributed by atoms with van der Waals surface area (Å²) in [5.41, 5.74) is 1.61. The third kappa shape index (κ3) is 6.09. The lowest BCUT2D eigenvalue weighted by atomic mass is 9.82. The van der Waals surface area contributed by atoms with Crippen LogP contribution < -0.4 is 10.1 Å². The van der Waals surface area contributed by atoms with Crippen LogP contribution in [-0.4, -0.2) is 18.7 Å². The summed E-state index contributed by atoms with van der Waals surface area (Å²) in [6.07, 6.45) is 3.77. The summed E-state index contributed by atoms with van der Waals surface area (Å²) in [7, 11) is 0. The molecule has 0 spiro atoms. The van der Waals surface area contributed by atoms with Crippen molar-refractivity contribution < 1.29 is 4.74 Å². The average Bonchev–Trinajstić information content (AvgIpc) is 2.46. The summed E-state index contributed by atoms with van der Waals surface area (Å²) in [6, 6.07) is 9.14. The Bertz CT molecular complexity index is 397. The molecule has 2 heteroatoms. The fourth-order valence-corrected chi connectivity index (χ4v) is 2.37. The van der Waals surface area contributed by atoms with E-state index in [0.29, 0.717) is 6.04 Å². The van der Waals surface area contributed by atoms with Gasteiger partial charge in [0.25, 0.3) is 0 Å². The third-order valence-corrected chi connectivity index (χ3v) is 4.33. The molecule has 0 saturated heterocycles. The number of rotatable bonds is 9. The van der Waals surface area contributed by atoms with Gasteiger partial charge in [-0.3, -0.25) is 0 Å². The van der Waals surface area contributed by atoms with Crippen molar-refractivity contribution in [3.63, 3.8) is 0 Å².